The number of hydrogen-bond donors (Lipinski definition) is 4. The Balaban J connectivity index is 1.43. The maximum Gasteiger partial charge on any atom is 0.287 e. The first-order valence-corrected chi connectivity index (χ1v) is 16.2. The number of nitrogens with one attached hydrogen (secondary N) is 4. The van der Waals surface area contributed by atoms with E-state index in [1.54, 1.807) is 18.2 Å². The minimum absolute atomic E-state index is 0.0657. The summed E-state index contributed by atoms with van der Waals surface area (Å²) in [7, 11) is 1.32. The van der Waals surface area contributed by atoms with Gasteiger partial charge in [-0.25, -0.2) is 0 Å². The molecular weight excluding hydrogens is 638 g/mol. The molecule has 43 heavy (non-hydrogen) atoms. The van der Waals surface area contributed by atoms with Gasteiger partial charge in [-0.3, -0.25) is 28.8 Å². The van der Waals surface area contributed by atoms with Crippen LogP contribution in [-0.2, 0) is 25.7 Å². The Bertz CT molecular complexity index is 1440. The lowest BCUT2D eigenvalue weighted by Gasteiger charge is -2.46. The van der Waals surface area contributed by atoms with E-state index < -0.39 is 35.1 Å². The van der Waals surface area contributed by atoms with Gasteiger partial charge < -0.3 is 25.8 Å². The number of amides is 4. The first kappa shape index (κ1) is 32.6. The van der Waals surface area contributed by atoms with Crippen molar-refractivity contribution in [1.29, 1.82) is 0 Å². The number of pyridine rings is 1. The topological polar surface area (TPSA) is 155 Å². The number of aromatic nitrogens is 1. The molecule has 13 heteroatoms. The summed E-state index contributed by atoms with van der Waals surface area (Å²) < 4.78 is 1.95. The van der Waals surface area contributed by atoms with E-state index in [-0.39, 0.29) is 37.0 Å². The van der Waals surface area contributed by atoms with Gasteiger partial charge in [-0.05, 0) is 96.0 Å². The highest BCUT2D eigenvalue weighted by Gasteiger charge is 2.40. The van der Waals surface area contributed by atoms with Crippen LogP contribution in [0.1, 0.15) is 62.0 Å². The Morgan fingerprint density at radius 1 is 1.07 bits per heavy atom. The van der Waals surface area contributed by atoms with Crippen molar-refractivity contribution in [3.63, 3.8) is 0 Å². The summed E-state index contributed by atoms with van der Waals surface area (Å²) in [4.78, 5) is 76.5. The molecule has 2 bridgehead atoms. The SMILES string of the molecule is CNC(=O)C(=O)CCC(NC(=O)c1ccc(Br)s1)C(=O)Nc1cccn(CC(=O)NC2C(C)CC3CC(C)CC2C3)c1=O. The van der Waals surface area contributed by atoms with Gasteiger partial charge in [-0.1, -0.05) is 13.8 Å². The second-order valence-corrected chi connectivity index (χ2v) is 14.2. The molecule has 2 heterocycles. The Hall–Kier alpha value is -3.32. The fourth-order valence-corrected chi connectivity index (χ4v) is 7.80. The number of ketones is 1. The third kappa shape index (κ3) is 8.41. The zero-order valence-corrected chi connectivity index (χ0v) is 26.9. The van der Waals surface area contributed by atoms with Gasteiger partial charge in [0.2, 0.25) is 17.6 Å². The summed E-state index contributed by atoms with van der Waals surface area (Å²) in [5, 5.41) is 10.6. The van der Waals surface area contributed by atoms with E-state index in [2.05, 4.69) is 51.0 Å². The molecule has 2 aliphatic carbocycles. The number of fused-ring (bicyclic) bond motifs is 2. The van der Waals surface area contributed by atoms with Gasteiger partial charge in [0.15, 0.2) is 0 Å². The normalized spacial score (nSPS) is 23.5. The standard InChI is InChI=1S/C30H38BrN5O6S/c1-16-11-18-13-17(2)26(19(12-16)14-18)35-25(38)15-36-10-4-5-21(30(36)42)34-27(39)20(6-7-22(37)28(40)32-3)33-29(41)23-8-9-24(31)43-23/h4-5,8-10,16-20,26H,6-7,11-15H2,1-3H3,(H,32,40)(H,33,41)(H,34,39)(H,35,38). The van der Waals surface area contributed by atoms with Crippen molar-refractivity contribution in [2.24, 2.45) is 23.7 Å². The number of Topliss-reactive ketones (excluding diaryl/α,β-unsaturated/α-hetero) is 1. The molecule has 2 aliphatic rings. The molecule has 232 valence electrons. The van der Waals surface area contributed by atoms with E-state index in [1.807, 2.05) is 0 Å². The van der Waals surface area contributed by atoms with Crippen LogP contribution in [0.2, 0.25) is 0 Å². The summed E-state index contributed by atoms with van der Waals surface area (Å²) >= 11 is 4.46. The second-order valence-electron chi connectivity index (χ2n) is 11.8. The second kappa shape index (κ2) is 14.4. The first-order chi connectivity index (χ1) is 20.4. The van der Waals surface area contributed by atoms with Gasteiger partial charge in [-0.2, -0.15) is 0 Å². The van der Waals surface area contributed by atoms with Crippen molar-refractivity contribution in [2.45, 2.75) is 71.0 Å². The van der Waals surface area contributed by atoms with Gasteiger partial charge in [0.25, 0.3) is 17.4 Å². The smallest absolute Gasteiger partial charge is 0.287 e. The number of carbonyl (C=O) groups is 5. The van der Waals surface area contributed by atoms with Gasteiger partial charge in [0, 0.05) is 25.7 Å². The van der Waals surface area contributed by atoms with Crippen LogP contribution in [0.5, 0.6) is 0 Å². The average Bonchev–Trinajstić information content (AvgIpc) is 3.40. The molecule has 6 atom stereocenters. The molecule has 0 radical (unpaired) electrons. The van der Waals surface area contributed by atoms with E-state index in [0.29, 0.717) is 28.5 Å². The summed E-state index contributed by atoms with van der Waals surface area (Å²) in [6.45, 7) is 4.24. The van der Waals surface area contributed by atoms with Gasteiger partial charge in [0.1, 0.15) is 18.3 Å². The Morgan fingerprint density at radius 2 is 1.84 bits per heavy atom. The summed E-state index contributed by atoms with van der Waals surface area (Å²) in [5.41, 5.74) is -0.659. The Kier molecular flexibility index (Phi) is 10.9. The minimum Gasteiger partial charge on any atom is -0.353 e. The molecule has 0 aromatic carbocycles. The number of anilines is 1. The molecule has 6 unspecified atom stereocenters. The number of nitrogens with zero attached hydrogens (tertiary/aromatic N) is 1. The lowest BCUT2D eigenvalue weighted by Crippen LogP contribution is -2.51. The van der Waals surface area contributed by atoms with Crippen LogP contribution in [0.15, 0.2) is 39.0 Å². The summed E-state index contributed by atoms with van der Waals surface area (Å²) in [5.74, 6) is -0.944. The number of rotatable bonds is 11. The molecule has 2 aromatic rings. The predicted molar refractivity (Wildman–Crippen MR) is 167 cm³/mol. The highest BCUT2D eigenvalue weighted by Crippen LogP contribution is 2.44. The first-order valence-electron chi connectivity index (χ1n) is 14.6. The molecular formula is C30H38BrN5O6S. The highest BCUT2D eigenvalue weighted by atomic mass is 79.9. The molecule has 0 spiro atoms. The number of thiophene rings is 1. The molecule has 4 N–H and O–H groups in total. The van der Waals surface area contributed by atoms with Crippen LogP contribution < -0.4 is 26.8 Å². The molecule has 0 saturated heterocycles. The van der Waals surface area contributed by atoms with Gasteiger partial charge in [0.05, 0.1) is 8.66 Å². The van der Waals surface area contributed by atoms with Crippen molar-refractivity contribution in [3.05, 3.63) is 49.5 Å². The van der Waals surface area contributed by atoms with Crippen LogP contribution in [0, 0.1) is 23.7 Å². The lowest BCUT2D eigenvalue weighted by molar-refractivity contribution is -0.137. The summed E-state index contributed by atoms with van der Waals surface area (Å²) in [6, 6.07) is 5.08. The number of likely N-dealkylation sites (N-methyl/N-ethyl adjacent to an activating group) is 1. The van der Waals surface area contributed by atoms with Crippen LogP contribution in [0.25, 0.3) is 0 Å². The van der Waals surface area contributed by atoms with Crippen molar-refractivity contribution in [1.82, 2.24) is 20.5 Å². The zero-order chi connectivity index (χ0) is 31.3. The van der Waals surface area contributed by atoms with E-state index in [4.69, 9.17) is 0 Å². The third-order valence-corrected chi connectivity index (χ3v) is 10.0. The lowest BCUT2D eigenvalue weighted by atomic mass is 9.63. The molecule has 2 fully saturated rings. The minimum atomic E-state index is -1.21. The average molecular weight is 677 g/mol. The zero-order valence-electron chi connectivity index (χ0n) is 24.5. The van der Waals surface area contributed by atoms with Crippen LogP contribution in [-0.4, -0.2) is 53.1 Å². The van der Waals surface area contributed by atoms with E-state index in [9.17, 15) is 28.8 Å². The molecule has 4 rings (SSSR count). The van der Waals surface area contributed by atoms with Crippen LogP contribution in [0.4, 0.5) is 5.69 Å². The largest absolute Gasteiger partial charge is 0.353 e. The number of hydrogen-bond acceptors (Lipinski definition) is 7. The molecule has 2 aromatic heterocycles. The molecule has 11 nitrogen and oxygen atoms in total. The molecule has 0 aliphatic heterocycles. The quantitative estimate of drug-likeness (QED) is 0.268. The fourth-order valence-electron chi connectivity index (χ4n) is 6.51. The van der Waals surface area contributed by atoms with Crippen LogP contribution in [0.3, 0.4) is 0 Å². The van der Waals surface area contributed by atoms with E-state index in [1.165, 1.54) is 30.3 Å². The van der Waals surface area contributed by atoms with Crippen molar-refractivity contribution < 1.29 is 24.0 Å². The van der Waals surface area contributed by atoms with Crippen LogP contribution >= 0.6 is 27.3 Å². The summed E-state index contributed by atoms with van der Waals surface area (Å²) in [6.07, 6.45) is 5.56. The predicted octanol–water partition coefficient (Wildman–Crippen LogP) is 3.08. The van der Waals surface area contributed by atoms with E-state index in [0.717, 1.165) is 34.4 Å². The maximum absolute atomic E-state index is 13.3. The Morgan fingerprint density at radius 3 is 2.53 bits per heavy atom. The monoisotopic (exact) mass is 675 g/mol. The van der Waals surface area contributed by atoms with Crippen molar-refractivity contribution >= 4 is 62.4 Å². The fraction of sp³-hybridized carbons (Fsp3) is 0.533. The Labute approximate surface area is 262 Å². The maximum atomic E-state index is 13.3. The van der Waals surface area contributed by atoms with Gasteiger partial charge in [-0.15, -0.1) is 11.3 Å². The third-order valence-electron chi connectivity index (χ3n) is 8.38. The van der Waals surface area contributed by atoms with Crippen molar-refractivity contribution in [2.75, 3.05) is 12.4 Å². The number of halogens is 1. The molecule has 2 saturated carbocycles. The van der Waals surface area contributed by atoms with Crippen molar-refractivity contribution in [3.8, 4) is 0 Å². The van der Waals surface area contributed by atoms with Gasteiger partial charge >= 0.3 is 0 Å². The molecule has 4 amide bonds. The number of carbonyl (C=O) groups excluding carboxylic acids is 5. The van der Waals surface area contributed by atoms with E-state index >= 15 is 0 Å². The highest BCUT2D eigenvalue weighted by molar-refractivity contribution is 9.11.